The molecule has 1 aromatic rings. The fourth-order valence-corrected chi connectivity index (χ4v) is 4.26. The number of fused-ring (bicyclic) bond motifs is 1. The summed E-state index contributed by atoms with van der Waals surface area (Å²) in [6.07, 6.45) is 8.87. The van der Waals surface area contributed by atoms with Crippen LogP contribution in [0.3, 0.4) is 0 Å². The van der Waals surface area contributed by atoms with Crippen LogP contribution in [0.1, 0.15) is 67.0 Å². The van der Waals surface area contributed by atoms with E-state index >= 15 is 0 Å². The second-order valence-electron chi connectivity index (χ2n) is 5.85. The number of allylic oxidation sites excluding steroid dienone is 7. The van der Waals surface area contributed by atoms with Crippen LogP contribution in [0.4, 0.5) is 0 Å². The first-order chi connectivity index (χ1) is 12.7. The third kappa shape index (κ3) is 4.80. The lowest BCUT2D eigenvalue weighted by Gasteiger charge is -2.28. The average molecular weight is 367 g/mol. The molecule has 150 valence electrons. The summed E-state index contributed by atoms with van der Waals surface area (Å²) in [6, 6.07) is 8.87. The van der Waals surface area contributed by atoms with Gasteiger partial charge in [0.05, 0.1) is 0 Å². The van der Waals surface area contributed by atoms with Gasteiger partial charge in [-0.2, -0.15) is 0 Å². The van der Waals surface area contributed by atoms with E-state index in [1.165, 1.54) is 33.4 Å². The predicted molar refractivity (Wildman–Crippen MR) is 127 cm³/mol. The van der Waals surface area contributed by atoms with Gasteiger partial charge in [0.2, 0.25) is 0 Å². The molecule has 3 rings (SSSR count). The van der Waals surface area contributed by atoms with Gasteiger partial charge in [-0.3, -0.25) is 0 Å². The third-order valence-electron chi connectivity index (χ3n) is 5.01. The molecule has 0 bridgehead atoms. The lowest BCUT2D eigenvalue weighted by atomic mass is 9.74. The van der Waals surface area contributed by atoms with E-state index in [9.17, 15) is 0 Å². The molecule has 0 atom stereocenters. The summed E-state index contributed by atoms with van der Waals surface area (Å²) in [6.45, 7) is 24.7. The maximum Gasteiger partial charge on any atom is 0.0288 e. The molecule has 0 aliphatic heterocycles. The van der Waals surface area contributed by atoms with Crippen molar-refractivity contribution in [2.24, 2.45) is 5.41 Å². The fourth-order valence-electron chi connectivity index (χ4n) is 4.26. The zero-order valence-electron chi connectivity index (χ0n) is 18.1. The van der Waals surface area contributed by atoms with Gasteiger partial charge in [0, 0.05) is 5.41 Å². The van der Waals surface area contributed by atoms with Gasteiger partial charge in [-0.05, 0) is 67.0 Å². The van der Waals surface area contributed by atoms with Crippen LogP contribution in [0.15, 0.2) is 84.5 Å². The normalized spacial score (nSPS) is 18.3. The second kappa shape index (κ2) is 13.1. The molecule has 0 heterocycles. The SMILES string of the molecule is C.C=C.C=CC1=C(C)C(=C/C)/C(=C\C)C12Cc1ccccc1C2.CC.CC. The first kappa shape index (κ1) is 27.1. The van der Waals surface area contributed by atoms with E-state index in [4.69, 9.17) is 0 Å². The summed E-state index contributed by atoms with van der Waals surface area (Å²) < 4.78 is 0. The van der Waals surface area contributed by atoms with Gasteiger partial charge in [-0.15, -0.1) is 13.2 Å². The van der Waals surface area contributed by atoms with Gasteiger partial charge >= 0.3 is 0 Å². The first-order valence-electron chi connectivity index (χ1n) is 9.92. The van der Waals surface area contributed by atoms with Crippen molar-refractivity contribution < 1.29 is 0 Å². The lowest BCUT2D eigenvalue weighted by molar-refractivity contribution is 0.488. The van der Waals surface area contributed by atoms with Gasteiger partial charge in [-0.25, -0.2) is 0 Å². The Morgan fingerprint density at radius 3 is 1.67 bits per heavy atom. The molecule has 1 spiro atoms. The molecule has 2 aliphatic carbocycles. The van der Waals surface area contributed by atoms with E-state index in [-0.39, 0.29) is 12.8 Å². The van der Waals surface area contributed by atoms with E-state index in [0.717, 1.165) is 12.8 Å². The smallest absolute Gasteiger partial charge is 0.0288 e. The van der Waals surface area contributed by atoms with E-state index in [2.05, 4.69) is 83.0 Å². The highest BCUT2D eigenvalue weighted by Crippen LogP contribution is 2.57. The Balaban J connectivity index is 0. The minimum atomic E-state index is 0. The molecule has 0 amide bonds. The van der Waals surface area contributed by atoms with Crippen LogP contribution >= 0.6 is 0 Å². The molecule has 27 heavy (non-hydrogen) atoms. The minimum absolute atomic E-state index is 0. The van der Waals surface area contributed by atoms with Gasteiger partial charge in [-0.1, -0.05) is 84.2 Å². The summed E-state index contributed by atoms with van der Waals surface area (Å²) in [5, 5.41) is 0. The maximum atomic E-state index is 4.10. The molecule has 0 unspecified atom stereocenters. The summed E-state index contributed by atoms with van der Waals surface area (Å²) in [7, 11) is 0. The molecule has 0 saturated heterocycles. The molecule has 0 radical (unpaired) electrons. The monoisotopic (exact) mass is 366 g/mol. The largest absolute Gasteiger partial charge is 0.106 e. The molecule has 2 aliphatic rings. The Labute approximate surface area is 170 Å². The Morgan fingerprint density at radius 2 is 1.33 bits per heavy atom. The molecule has 0 saturated carbocycles. The molecule has 0 aromatic heterocycles. The van der Waals surface area contributed by atoms with Gasteiger partial charge in [0.15, 0.2) is 0 Å². The average Bonchev–Trinajstić information content (AvgIpc) is 3.20. The molecule has 0 heteroatoms. The summed E-state index contributed by atoms with van der Waals surface area (Å²) in [5.41, 5.74) is 8.86. The molecular weight excluding hydrogens is 324 g/mol. The molecule has 0 fully saturated rings. The van der Waals surface area contributed by atoms with Gasteiger partial charge in [0.25, 0.3) is 0 Å². The van der Waals surface area contributed by atoms with Crippen molar-refractivity contribution in [2.75, 3.05) is 0 Å². The Morgan fingerprint density at radius 1 is 0.889 bits per heavy atom. The van der Waals surface area contributed by atoms with Crippen LogP contribution in [-0.4, -0.2) is 0 Å². The highest BCUT2D eigenvalue weighted by molar-refractivity contribution is 5.67. The van der Waals surface area contributed by atoms with Crippen molar-refractivity contribution in [3.8, 4) is 0 Å². The van der Waals surface area contributed by atoms with Crippen LogP contribution in [0.5, 0.6) is 0 Å². The molecule has 0 N–H and O–H groups in total. The van der Waals surface area contributed by atoms with Crippen LogP contribution in [-0.2, 0) is 12.8 Å². The Hall–Kier alpha value is -2.08. The van der Waals surface area contributed by atoms with E-state index in [1.54, 1.807) is 0 Å². The zero-order valence-corrected chi connectivity index (χ0v) is 18.1. The Bertz CT molecular complexity index is 655. The number of hydrogen-bond donors (Lipinski definition) is 0. The number of hydrogen-bond acceptors (Lipinski definition) is 0. The van der Waals surface area contributed by atoms with Crippen LogP contribution < -0.4 is 0 Å². The van der Waals surface area contributed by atoms with Crippen LogP contribution in [0, 0.1) is 5.41 Å². The van der Waals surface area contributed by atoms with Crippen LogP contribution in [0.2, 0.25) is 0 Å². The van der Waals surface area contributed by atoms with Gasteiger partial charge in [0.1, 0.15) is 0 Å². The molecular formula is C27H42. The van der Waals surface area contributed by atoms with Gasteiger partial charge < -0.3 is 0 Å². The summed E-state index contributed by atoms with van der Waals surface area (Å²) >= 11 is 0. The number of rotatable bonds is 1. The minimum Gasteiger partial charge on any atom is -0.106 e. The fraction of sp³-hybridized carbons (Fsp3) is 0.407. The van der Waals surface area contributed by atoms with Crippen LogP contribution in [0.25, 0.3) is 0 Å². The zero-order chi connectivity index (χ0) is 20.3. The van der Waals surface area contributed by atoms with E-state index in [0.29, 0.717) is 0 Å². The first-order valence-corrected chi connectivity index (χ1v) is 9.92. The maximum absolute atomic E-state index is 4.10. The summed E-state index contributed by atoms with van der Waals surface area (Å²) in [5.74, 6) is 0. The van der Waals surface area contributed by atoms with Crippen molar-refractivity contribution in [3.63, 3.8) is 0 Å². The van der Waals surface area contributed by atoms with E-state index in [1.807, 2.05) is 27.7 Å². The van der Waals surface area contributed by atoms with E-state index < -0.39 is 0 Å². The van der Waals surface area contributed by atoms with Crippen molar-refractivity contribution in [3.05, 3.63) is 95.6 Å². The highest BCUT2D eigenvalue weighted by atomic mass is 14.5. The van der Waals surface area contributed by atoms with Crippen molar-refractivity contribution in [1.82, 2.24) is 0 Å². The topological polar surface area (TPSA) is 0 Å². The molecule has 1 aromatic carbocycles. The second-order valence-corrected chi connectivity index (χ2v) is 5.85. The molecule has 0 nitrogen and oxygen atoms in total. The standard InChI is InChI=1S/C20H22.2C2H6.C2H4.CH4/c1-5-17-14(4)18(6-2)20(19(17)7-3)12-15-10-8-9-11-16(15)13-20;3*1-2;/h5-11H,2,12-13H2,1,3-4H3;2*1-2H3;1-2H2;1H4/b17-5-,19-7+;;;;. The highest BCUT2D eigenvalue weighted by Gasteiger charge is 2.47. The van der Waals surface area contributed by atoms with Crippen molar-refractivity contribution in [1.29, 1.82) is 0 Å². The quantitative estimate of drug-likeness (QED) is 0.436. The third-order valence-corrected chi connectivity index (χ3v) is 5.01. The predicted octanol–water partition coefficient (Wildman–Crippen LogP) is 8.67. The number of benzene rings is 1. The van der Waals surface area contributed by atoms with Crippen molar-refractivity contribution >= 4 is 0 Å². The Kier molecular flexibility index (Phi) is 13.2. The summed E-state index contributed by atoms with van der Waals surface area (Å²) in [4.78, 5) is 0. The van der Waals surface area contributed by atoms with Crippen molar-refractivity contribution in [2.45, 2.75) is 68.7 Å². The lowest BCUT2D eigenvalue weighted by Crippen LogP contribution is -2.22.